The van der Waals surface area contributed by atoms with Gasteiger partial charge in [0.2, 0.25) is 0 Å². The van der Waals surface area contributed by atoms with Gasteiger partial charge in [-0.2, -0.15) is 13.2 Å². The molecule has 29 heavy (non-hydrogen) atoms. The van der Waals surface area contributed by atoms with Gasteiger partial charge in [-0.25, -0.2) is 0 Å². The quantitative estimate of drug-likeness (QED) is 0.781. The largest absolute Gasteiger partial charge is 0.416 e. The molecule has 1 heterocycles. The van der Waals surface area contributed by atoms with Gasteiger partial charge < -0.3 is 15.1 Å². The molecule has 1 fully saturated rings. The van der Waals surface area contributed by atoms with E-state index >= 15 is 0 Å². The molecular formula is C22H26F3N3O. The zero-order valence-electron chi connectivity index (χ0n) is 16.7. The molecule has 1 N–H and O–H groups in total. The third-order valence-electron chi connectivity index (χ3n) is 5.20. The number of anilines is 2. The van der Waals surface area contributed by atoms with Crippen molar-refractivity contribution in [3.05, 3.63) is 59.7 Å². The summed E-state index contributed by atoms with van der Waals surface area (Å²) in [5.41, 5.74) is 1.14. The first-order chi connectivity index (χ1) is 13.7. The number of piperidine rings is 1. The average Bonchev–Trinajstić information content (AvgIpc) is 2.68. The van der Waals surface area contributed by atoms with E-state index in [2.05, 4.69) is 29.2 Å². The van der Waals surface area contributed by atoms with Gasteiger partial charge >= 0.3 is 6.18 Å². The molecule has 3 rings (SSSR count). The minimum Gasteiger partial charge on any atom is -0.372 e. The first-order valence-electron chi connectivity index (χ1n) is 9.71. The third kappa shape index (κ3) is 5.73. The van der Waals surface area contributed by atoms with Crippen LogP contribution >= 0.6 is 0 Å². The summed E-state index contributed by atoms with van der Waals surface area (Å²) in [6.45, 7) is 3.13. The molecule has 4 nitrogen and oxygen atoms in total. The number of amides is 1. The van der Waals surface area contributed by atoms with Crippen molar-refractivity contribution in [2.45, 2.75) is 19.0 Å². The van der Waals surface area contributed by atoms with E-state index in [-0.39, 0.29) is 5.56 Å². The first kappa shape index (κ1) is 21.2. The summed E-state index contributed by atoms with van der Waals surface area (Å²) in [6, 6.07) is 11.8. The Hall–Kier alpha value is -2.54. The van der Waals surface area contributed by atoms with E-state index in [9.17, 15) is 18.0 Å². The smallest absolute Gasteiger partial charge is 0.372 e. The van der Waals surface area contributed by atoms with E-state index in [1.165, 1.54) is 12.1 Å². The van der Waals surface area contributed by atoms with Crippen LogP contribution in [0.4, 0.5) is 24.5 Å². The van der Waals surface area contributed by atoms with Crippen LogP contribution in [0.3, 0.4) is 0 Å². The molecule has 2 aromatic rings. The first-order valence-corrected chi connectivity index (χ1v) is 9.71. The maximum Gasteiger partial charge on any atom is 0.416 e. The van der Waals surface area contributed by atoms with E-state index in [1.54, 1.807) is 0 Å². The molecule has 1 aliphatic heterocycles. The summed E-state index contributed by atoms with van der Waals surface area (Å²) in [6.07, 6.45) is -2.10. The molecule has 1 amide bonds. The lowest BCUT2D eigenvalue weighted by atomic mass is 9.96. The average molecular weight is 405 g/mol. The Bertz CT molecular complexity index is 809. The predicted molar refractivity (Wildman–Crippen MR) is 109 cm³/mol. The Labute approximate surface area is 169 Å². The van der Waals surface area contributed by atoms with Crippen LogP contribution < -0.4 is 10.2 Å². The fourth-order valence-corrected chi connectivity index (χ4v) is 3.66. The van der Waals surface area contributed by atoms with Crippen LogP contribution in [-0.2, 0) is 6.18 Å². The molecule has 0 atom stereocenters. The maximum absolute atomic E-state index is 12.6. The van der Waals surface area contributed by atoms with E-state index in [4.69, 9.17) is 0 Å². The van der Waals surface area contributed by atoms with Crippen LogP contribution in [-0.4, -0.2) is 44.5 Å². The summed E-state index contributed by atoms with van der Waals surface area (Å²) in [5.74, 6) is 0.291. The molecule has 1 saturated heterocycles. The Balaban J connectivity index is 1.56. The summed E-state index contributed by atoms with van der Waals surface area (Å²) in [4.78, 5) is 16.9. The fraction of sp³-hybridized carbons (Fsp3) is 0.409. The highest BCUT2D eigenvalue weighted by molar-refractivity contribution is 6.04. The number of hydrogen-bond donors (Lipinski definition) is 1. The lowest BCUT2D eigenvalue weighted by Crippen LogP contribution is -2.37. The summed E-state index contributed by atoms with van der Waals surface area (Å²) < 4.78 is 37.9. The summed E-state index contributed by atoms with van der Waals surface area (Å²) in [7, 11) is 4.20. The second kappa shape index (κ2) is 8.86. The van der Waals surface area contributed by atoms with Crippen LogP contribution in [0.2, 0.25) is 0 Å². The third-order valence-corrected chi connectivity index (χ3v) is 5.20. The Kier molecular flexibility index (Phi) is 6.47. The lowest BCUT2D eigenvalue weighted by molar-refractivity contribution is -0.137. The minimum absolute atomic E-state index is 0.185. The predicted octanol–water partition coefficient (Wildman–Crippen LogP) is 4.74. The molecule has 0 aliphatic carbocycles. The number of alkyl halides is 3. The number of carbonyl (C=O) groups is 1. The second-order valence-electron chi connectivity index (χ2n) is 7.77. The van der Waals surface area contributed by atoms with Crippen molar-refractivity contribution in [1.82, 2.24) is 4.90 Å². The van der Waals surface area contributed by atoms with Gasteiger partial charge in [0.25, 0.3) is 5.91 Å². The highest BCUT2D eigenvalue weighted by atomic mass is 19.4. The Morgan fingerprint density at radius 3 is 2.14 bits per heavy atom. The van der Waals surface area contributed by atoms with Crippen LogP contribution in [0.1, 0.15) is 28.8 Å². The van der Waals surface area contributed by atoms with E-state index < -0.39 is 17.6 Å². The lowest BCUT2D eigenvalue weighted by Gasteiger charge is -2.34. The van der Waals surface area contributed by atoms with Crippen LogP contribution in [0.25, 0.3) is 0 Å². The van der Waals surface area contributed by atoms with Crippen LogP contribution in [0.5, 0.6) is 0 Å². The normalized spacial score (nSPS) is 15.6. The molecule has 0 aromatic heterocycles. The zero-order chi connectivity index (χ0) is 21.0. The van der Waals surface area contributed by atoms with Gasteiger partial charge in [0, 0.05) is 36.6 Å². The van der Waals surface area contributed by atoms with Crippen molar-refractivity contribution in [2.24, 2.45) is 5.92 Å². The van der Waals surface area contributed by atoms with E-state index in [0.717, 1.165) is 56.2 Å². The molecule has 2 aromatic carbocycles. The highest BCUT2D eigenvalue weighted by Crippen LogP contribution is 2.29. The number of carbonyl (C=O) groups excluding carboxylic acids is 1. The SMILES string of the molecule is CN(C)CC1CCN(c2ccc(NC(=O)c3ccc(C(F)(F)F)cc3)cc2)CC1. The van der Waals surface area contributed by atoms with Crippen molar-refractivity contribution in [1.29, 1.82) is 0 Å². The molecule has 7 heteroatoms. The Morgan fingerprint density at radius 1 is 1.03 bits per heavy atom. The van der Waals surface area contributed by atoms with Gasteiger partial charge in [-0.05, 0) is 81.4 Å². The standard InChI is InChI=1S/C22H26F3N3O/c1-27(2)15-16-11-13-28(14-12-16)20-9-7-19(8-10-20)26-21(29)17-3-5-18(6-4-17)22(23,24)25/h3-10,16H,11-15H2,1-2H3,(H,26,29). The van der Waals surface area contributed by atoms with Gasteiger partial charge in [-0.15, -0.1) is 0 Å². The second-order valence-corrected chi connectivity index (χ2v) is 7.77. The van der Waals surface area contributed by atoms with Crippen molar-refractivity contribution < 1.29 is 18.0 Å². The van der Waals surface area contributed by atoms with Crippen molar-refractivity contribution in [3.63, 3.8) is 0 Å². The molecule has 0 spiro atoms. The van der Waals surface area contributed by atoms with Crippen LogP contribution in [0.15, 0.2) is 48.5 Å². The van der Waals surface area contributed by atoms with Gasteiger partial charge in [0.05, 0.1) is 5.56 Å². The van der Waals surface area contributed by atoms with Gasteiger partial charge in [-0.3, -0.25) is 4.79 Å². The molecule has 1 aliphatic rings. The van der Waals surface area contributed by atoms with Crippen molar-refractivity contribution >= 4 is 17.3 Å². The zero-order valence-corrected chi connectivity index (χ0v) is 16.7. The number of benzene rings is 2. The molecule has 0 radical (unpaired) electrons. The number of nitrogens with zero attached hydrogens (tertiary/aromatic N) is 2. The van der Waals surface area contributed by atoms with E-state index in [0.29, 0.717) is 5.69 Å². The van der Waals surface area contributed by atoms with E-state index in [1.807, 2.05) is 24.3 Å². The number of nitrogens with one attached hydrogen (secondary N) is 1. The Morgan fingerprint density at radius 2 is 1.62 bits per heavy atom. The van der Waals surface area contributed by atoms with Gasteiger partial charge in [0.1, 0.15) is 0 Å². The topological polar surface area (TPSA) is 35.6 Å². The maximum atomic E-state index is 12.6. The highest BCUT2D eigenvalue weighted by Gasteiger charge is 2.30. The molecule has 156 valence electrons. The van der Waals surface area contributed by atoms with Crippen molar-refractivity contribution in [2.75, 3.05) is 43.9 Å². The number of rotatable bonds is 5. The van der Waals surface area contributed by atoms with Gasteiger partial charge in [0.15, 0.2) is 0 Å². The molecule has 0 bridgehead atoms. The van der Waals surface area contributed by atoms with Crippen LogP contribution in [0, 0.1) is 5.92 Å². The molecule has 0 unspecified atom stereocenters. The number of hydrogen-bond acceptors (Lipinski definition) is 3. The minimum atomic E-state index is -4.41. The monoisotopic (exact) mass is 405 g/mol. The fourth-order valence-electron chi connectivity index (χ4n) is 3.66. The molecular weight excluding hydrogens is 379 g/mol. The summed E-state index contributed by atoms with van der Waals surface area (Å²) in [5, 5.41) is 2.73. The van der Waals surface area contributed by atoms with Crippen molar-refractivity contribution in [3.8, 4) is 0 Å². The molecule has 0 saturated carbocycles. The number of halogens is 3. The van der Waals surface area contributed by atoms with Gasteiger partial charge in [-0.1, -0.05) is 0 Å². The summed E-state index contributed by atoms with van der Waals surface area (Å²) >= 11 is 0.